The van der Waals surface area contributed by atoms with Crippen molar-refractivity contribution in [3.63, 3.8) is 0 Å². The van der Waals surface area contributed by atoms with Gasteiger partial charge in [0.15, 0.2) is 11.6 Å². The number of halogens is 3. The minimum absolute atomic E-state index is 0.0528. The average Bonchev–Trinajstić information content (AvgIpc) is 3.20. The molecule has 0 bridgehead atoms. The van der Waals surface area contributed by atoms with E-state index in [1.807, 2.05) is 13.0 Å². The van der Waals surface area contributed by atoms with Gasteiger partial charge in [0.2, 0.25) is 0 Å². The number of nitrogens with two attached hydrogens (primary N) is 2. The first-order valence-electron chi connectivity index (χ1n) is 10.7. The van der Waals surface area contributed by atoms with Crippen LogP contribution in [-0.4, -0.2) is 34.1 Å². The van der Waals surface area contributed by atoms with Crippen LogP contribution in [0.5, 0.6) is 0 Å². The molecule has 0 atom stereocenters. The summed E-state index contributed by atoms with van der Waals surface area (Å²) in [5, 5.41) is 0. The third-order valence-corrected chi connectivity index (χ3v) is 6.08. The fraction of sp³-hybridized carbons (Fsp3) is 0.250. The fourth-order valence-corrected chi connectivity index (χ4v) is 4.44. The lowest BCUT2D eigenvalue weighted by molar-refractivity contribution is 0.501. The lowest BCUT2D eigenvalue weighted by atomic mass is 9.97. The smallest absolute Gasteiger partial charge is 0.184 e. The van der Waals surface area contributed by atoms with Crippen LogP contribution in [0.2, 0.25) is 0 Å². The maximum Gasteiger partial charge on any atom is 0.184 e. The number of nitrogens with zero attached hydrogens (tertiary/aromatic N) is 3. The molecule has 0 saturated carbocycles. The largest absolute Gasteiger partial charge is 0.383 e. The van der Waals surface area contributed by atoms with Crippen molar-refractivity contribution in [3.05, 3.63) is 59.5 Å². The molecular weight excluding hydrogens is 429 g/mol. The Hall–Kier alpha value is -3.59. The number of H-pyrrole nitrogens is 1. The minimum Gasteiger partial charge on any atom is -0.383 e. The number of pyridine rings is 1. The van der Waals surface area contributed by atoms with E-state index in [0.29, 0.717) is 35.5 Å². The first-order chi connectivity index (χ1) is 15.8. The SMILES string of the molecule is Cc1cc(F)cc(-c2cnc(N)c(-c3nc4ccc(F)c(F)c4[nH]3)c2N2CCC(N)CC2)c1. The van der Waals surface area contributed by atoms with Gasteiger partial charge in [-0.05, 0) is 55.2 Å². The fourth-order valence-electron chi connectivity index (χ4n) is 4.44. The van der Waals surface area contributed by atoms with E-state index in [1.54, 1.807) is 6.20 Å². The van der Waals surface area contributed by atoms with Crippen molar-refractivity contribution in [2.45, 2.75) is 25.8 Å². The summed E-state index contributed by atoms with van der Waals surface area (Å²) in [6.45, 7) is 3.12. The predicted molar refractivity (Wildman–Crippen MR) is 123 cm³/mol. The Morgan fingerprint density at radius 1 is 1.09 bits per heavy atom. The number of aromatic amines is 1. The number of fused-ring (bicyclic) bond motifs is 1. The highest BCUT2D eigenvalue weighted by molar-refractivity contribution is 5.95. The van der Waals surface area contributed by atoms with Gasteiger partial charge < -0.3 is 21.4 Å². The molecule has 3 heterocycles. The van der Waals surface area contributed by atoms with Crippen molar-refractivity contribution < 1.29 is 13.2 Å². The summed E-state index contributed by atoms with van der Waals surface area (Å²) in [5.41, 5.74) is 15.9. The highest BCUT2D eigenvalue weighted by Gasteiger charge is 2.27. The third kappa shape index (κ3) is 3.78. The number of aromatic nitrogens is 3. The topological polar surface area (TPSA) is 96.8 Å². The Labute approximate surface area is 188 Å². The molecule has 6 nitrogen and oxygen atoms in total. The molecule has 0 aliphatic carbocycles. The standard InChI is InChI=1S/C24H23F3N6/c1-12-8-13(10-14(25)9-12)16-11-30-23(29)19(22(16)33-6-4-15(28)5-7-33)24-31-18-3-2-17(26)20(27)21(18)32-24/h2-3,8-11,15H,4-7,28H2,1H3,(H2,29,30)(H,31,32). The predicted octanol–water partition coefficient (Wildman–Crippen LogP) is 4.53. The summed E-state index contributed by atoms with van der Waals surface area (Å²) in [5.74, 6) is -1.91. The van der Waals surface area contributed by atoms with Crippen LogP contribution in [0.25, 0.3) is 33.5 Å². The van der Waals surface area contributed by atoms with Crippen LogP contribution in [0.4, 0.5) is 24.7 Å². The van der Waals surface area contributed by atoms with Gasteiger partial charge in [0, 0.05) is 30.9 Å². The molecule has 0 unspecified atom stereocenters. The van der Waals surface area contributed by atoms with Gasteiger partial charge in [-0.2, -0.15) is 0 Å². The molecule has 2 aromatic heterocycles. The number of rotatable bonds is 3. The van der Waals surface area contributed by atoms with Gasteiger partial charge in [-0.1, -0.05) is 6.07 Å². The van der Waals surface area contributed by atoms with Crippen molar-refractivity contribution in [3.8, 4) is 22.5 Å². The summed E-state index contributed by atoms with van der Waals surface area (Å²) in [6.07, 6.45) is 3.15. The second-order valence-corrected chi connectivity index (χ2v) is 8.46. The zero-order chi connectivity index (χ0) is 23.3. The molecule has 9 heteroatoms. The van der Waals surface area contributed by atoms with Gasteiger partial charge >= 0.3 is 0 Å². The molecular formula is C24H23F3N6. The lowest BCUT2D eigenvalue weighted by Crippen LogP contribution is -2.40. The van der Waals surface area contributed by atoms with Crippen LogP contribution in [-0.2, 0) is 0 Å². The van der Waals surface area contributed by atoms with E-state index in [2.05, 4.69) is 19.9 Å². The Kier molecular flexibility index (Phi) is 5.20. The van der Waals surface area contributed by atoms with Gasteiger partial charge in [0.05, 0.1) is 16.8 Å². The zero-order valence-electron chi connectivity index (χ0n) is 18.0. The second-order valence-electron chi connectivity index (χ2n) is 8.46. The number of hydrogen-bond donors (Lipinski definition) is 3. The molecule has 1 aliphatic rings. The van der Waals surface area contributed by atoms with Crippen LogP contribution < -0.4 is 16.4 Å². The summed E-state index contributed by atoms with van der Waals surface area (Å²) >= 11 is 0. The minimum atomic E-state index is -1.01. The second kappa shape index (κ2) is 8.08. The molecule has 170 valence electrons. The van der Waals surface area contributed by atoms with Gasteiger partial charge in [-0.3, -0.25) is 0 Å². The van der Waals surface area contributed by atoms with Crippen LogP contribution in [0.3, 0.4) is 0 Å². The normalized spacial score (nSPS) is 14.9. The molecule has 0 amide bonds. The summed E-state index contributed by atoms with van der Waals surface area (Å²) in [6, 6.07) is 7.28. The van der Waals surface area contributed by atoms with E-state index in [1.165, 1.54) is 18.2 Å². The molecule has 33 heavy (non-hydrogen) atoms. The first kappa shape index (κ1) is 21.3. The molecule has 2 aromatic carbocycles. The number of aryl methyl sites for hydroxylation is 1. The summed E-state index contributed by atoms with van der Waals surface area (Å²) in [4.78, 5) is 13.8. The Morgan fingerprint density at radius 2 is 1.85 bits per heavy atom. The highest BCUT2D eigenvalue weighted by atomic mass is 19.2. The van der Waals surface area contributed by atoms with Gasteiger partial charge in [-0.15, -0.1) is 0 Å². The van der Waals surface area contributed by atoms with E-state index in [9.17, 15) is 13.2 Å². The molecule has 1 saturated heterocycles. The molecule has 5 rings (SSSR count). The maximum atomic E-state index is 14.4. The number of imidazole rings is 1. The number of piperidine rings is 1. The number of nitrogens with one attached hydrogen (secondary N) is 1. The number of anilines is 2. The Bertz CT molecular complexity index is 1340. The van der Waals surface area contributed by atoms with E-state index < -0.39 is 11.6 Å². The van der Waals surface area contributed by atoms with E-state index in [4.69, 9.17) is 11.5 Å². The van der Waals surface area contributed by atoms with Crippen molar-refractivity contribution >= 4 is 22.5 Å². The number of nitrogen functional groups attached to an aromatic ring is 1. The van der Waals surface area contributed by atoms with Crippen molar-refractivity contribution in [2.24, 2.45) is 5.73 Å². The third-order valence-electron chi connectivity index (χ3n) is 6.08. The molecule has 0 radical (unpaired) electrons. The number of hydrogen-bond acceptors (Lipinski definition) is 5. The van der Waals surface area contributed by atoms with Gasteiger partial charge in [-0.25, -0.2) is 23.1 Å². The quantitative estimate of drug-likeness (QED) is 0.425. The van der Waals surface area contributed by atoms with Gasteiger partial charge in [0.1, 0.15) is 23.0 Å². The van der Waals surface area contributed by atoms with Gasteiger partial charge in [0.25, 0.3) is 0 Å². The van der Waals surface area contributed by atoms with Crippen molar-refractivity contribution in [1.29, 1.82) is 0 Å². The van der Waals surface area contributed by atoms with Crippen LogP contribution in [0, 0.1) is 24.4 Å². The Morgan fingerprint density at radius 3 is 2.58 bits per heavy atom. The molecule has 1 fully saturated rings. The van der Waals surface area contributed by atoms with Crippen LogP contribution in [0.1, 0.15) is 18.4 Å². The molecule has 0 spiro atoms. The van der Waals surface area contributed by atoms with Crippen molar-refractivity contribution in [1.82, 2.24) is 15.0 Å². The Balaban J connectivity index is 1.78. The number of benzene rings is 2. The van der Waals surface area contributed by atoms with Crippen molar-refractivity contribution in [2.75, 3.05) is 23.7 Å². The molecule has 4 aromatic rings. The monoisotopic (exact) mass is 452 g/mol. The summed E-state index contributed by atoms with van der Waals surface area (Å²) < 4.78 is 42.5. The highest BCUT2D eigenvalue weighted by Crippen LogP contribution is 2.43. The van der Waals surface area contributed by atoms with E-state index in [-0.39, 0.29) is 34.5 Å². The first-order valence-corrected chi connectivity index (χ1v) is 10.7. The zero-order valence-corrected chi connectivity index (χ0v) is 18.0. The summed E-state index contributed by atoms with van der Waals surface area (Å²) in [7, 11) is 0. The maximum absolute atomic E-state index is 14.4. The van der Waals surface area contributed by atoms with Crippen LogP contribution in [0.15, 0.2) is 36.5 Å². The van der Waals surface area contributed by atoms with Crippen LogP contribution >= 0.6 is 0 Å². The van der Waals surface area contributed by atoms with E-state index in [0.717, 1.165) is 24.5 Å². The molecule has 5 N–H and O–H groups in total. The molecule has 1 aliphatic heterocycles. The lowest BCUT2D eigenvalue weighted by Gasteiger charge is -2.34. The average molecular weight is 452 g/mol. The van der Waals surface area contributed by atoms with E-state index >= 15 is 0 Å².